The number of hydrogen-bond donors (Lipinski definition) is 1. The lowest BCUT2D eigenvalue weighted by molar-refractivity contribution is -0.137. The summed E-state index contributed by atoms with van der Waals surface area (Å²) in [5.41, 5.74) is 0. The standard InChI is InChI=1S/C16H24O2/c1-2-3-4-5-6-7-8-9-10-11-12-13-14-15-16(17)18/h2-6,11-15H2,1H3,(H,17,18). The van der Waals surface area contributed by atoms with Gasteiger partial charge in [-0.05, 0) is 31.1 Å². The minimum atomic E-state index is -0.713. The Bertz CT molecular complexity index is 322. The third kappa shape index (κ3) is 14.6. The van der Waals surface area contributed by atoms with E-state index in [2.05, 4.69) is 30.6 Å². The van der Waals surface area contributed by atoms with E-state index in [1.807, 2.05) is 0 Å². The van der Waals surface area contributed by atoms with Gasteiger partial charge < -0.3 is 5.11 Å². The van der Waals surface area contributed by atoms with Crippen molar-refractivity contribution in [2.75, 3.05) is 0 Å². The molecule has 0 spiro atoms. The van der Waals surface area contributed by atoms with E-state index in [1.54, 1.807) is 0 Å². The molecule has 0 heterocycles. The van der Waals surface area contributed by atoms with E-state index < -0.39 is 5.97 Å². The number of rotatable bonds is 9. The smallest absolute Gasteiger partial charge is 0.303 e. The van der Waals surface area contributed by atoms with Gasteiger partial charge in [0.05, 0.1) is 0 Å². The lowest BCUT2D eigenvalue weighted by Gasteiger charge is -1.93. The molecule has 0 aromatic rings. The highest BCUT2D eigenvalue weighted by Crippen LogP contribution is 2.02. The van der Waals surface area contributed by atoms with Crippen molar-refractivity contribution >= 4 is 5.97 Å². The van der Waals surface area contributed by atoms with Crippen molar-refractivity contribution in [3.05, 3.63) is 0 Å². The summed E-state index contributed by atoms with van der Waals surface area (Å²) in [4.78, 5) is 10.3. The van der Waals surface area contributed by atoms with Gasteiger partial charge in [0.2, 0.25) is 0 Å². The average Bonchev–Trinajstić information content (AvgIpc) is 2.34. The predicted molar refractivity (Wildman–Crippen MR) is 75.0 cm³/mol. The molecule has 1 N–H and O–H groups in total. The third-order valence-corrected chi connectivity index (χ3v) is 2.59. The van der Waals surface area contributed by atoms with Crippen molar-refractivity contribution in [2.45, 2.75) is 71.1 Å². The summed E-state index contributed by atoms with van der Waals surface area (Å²) in [7, 11) is 0. The summed E-state index contributed by atoms with van der Waals surface area (Å²) in [6, 6.07) is 0. The average molecular weight is 248 g/mol. The molecule has 0 aromatic heterocycles. The van der Waals surface area contributed by atoms with Crippen LogP contribution in [0.5, 0.6) is 0 Å². The molecular weight excluding hydrogens is 224 g/mol. The predicted octanol–water partition coefficient (Wildman–Crippen LogP) is 4.00. The zero-order chi connectivity index (χ0) is 13.5. The van der Waals surface area contributed by atoms with E-state index in [1.165, 1.54) is 25.7 Å². The summed E-state index contributed by atoms with van der Waals surface area (Å²) >= 11 is 0. The summed E-state index contributed by atoms with van der Waals surface area (Å²) in [6.07, 6.45) is 9.70. The van der Waals surface area contributed by atoms with E-state index >= 15 is 0 Å². The maximum Gasteiger partial charge on any atom is 0.303 e. The second-order valence-electron chi connectivity index (χ2n) is 4.37. The van der Waals surface area contributed by atoms with E-state index in [0.717, 1.165) is 32.1 Å². The molecule has 0 aromatic carbocycles. The normalized spacial score (nSPS) is 8.94. The van der Waals surface area contributed by atoms with E-state index in [9.17, 15) is 4.79 Å². The Morgan fingerprint density at radius 1 is 0.889 bits per heavy atom. The number of unbranched alkanes of at least 4 members (excludes halogenated alkanes) is 7. The third-order valence-electron chi connectivity index (χ3n) is 2.59. The number of carboxylic acid groups (broad SMARTS) is 1. The maximum absolute atomic E-state index is 10.3. The van der Waals surface area contributed by atoms with Crippen molar-refractivity contribution in [3.8, 4) is 23.7 Å². The van der Waals surface area contributed by atoms with Gasteiger partial charge in [0.1, 0.15) is 0 Å². The second-order valence-corrected chi connectivity index (χ2v) is 4.37. The summed E-state index contributed by atoms with van der Waals surface area (Å²) in [5, 5.41) is 8.44. The highest BCUT2D eigenvalue weighted by Gasteiger charge is 1.94. The molecule has 0 radical (unpaired) electrons. The molecule has 0 rings (SSSR count). The molecule has 0 fully saturated rings. The second kappa shape index (κ2) is 13.7. The molecule has 0 amide bonds. The first-order valence-corrected chi connectivity index (χ1v) is 6.95. The lowest BCUT2D eigenvalue weighted by Crippen LogP contribution is -1.93. The first-order chi connectivity index (χ1) is 8.77. The van der Waals surface area contributed by atoms with Crippen molar-refractivity contribution < 1.29 is 9.90 Å². The van der Waals surface area contributed by atoms with Crippen LogP contribution in [0, 0.1) is 23.7 Å². The molecule has 2 nitrogen and oxygen atoms in total. The van der Waals surface area contributed by atoms with Crippen LogP contribution in [0.3, 0.4) is 0 Å². The van der Waals surface area contributed by atoms with Gasteiger partial charge in [-0.2, -0.15) is 0 Å². The van der Waals surface area contributed by atoms with Crippen LogP contribution in [0.1, 0.15) is 71.1 Å². The number of carbonyl (C=O) groups is 1. The van der Waals surface area contributed by atoms with Crippen LogP contribution in [-0.2, 0) is 4.79 Å². The Morgan fingerprint density at radius 3 is 1.94 bits per heavy atom. The fraction of sp³-hybridized carbons (Fsp3) is 0.688. The van der Waals surface area contributed by atoms with Crippen LogP contribution in [0.4, 0.5) is 0 Å². The van der Waals surface area contributed by atoms with Gasteiger partial charge in [0.25, 0.3) is 0 Å². The van der Waals surface area contributed by atoms with Gasteiger partial charge >= 0.3 is 5.97 Å². The molecule has 0 saturated carbocycles. The van der Waals surface area contributed by atoms with Crippen LogP contribution in [-0.4, -0.2) is 11.1 Å². The SMILES string of the molecule is CCCCCCC#CC#CCCCCCC(=O)O. The quantitative estimate of drug-likeness (QED) is 0.494. The maximum atomic E-state index is 10.3. The van der Waals surface area contributed by atoms with Crippen molar-refractivity contribution in [1.82, 2.24) is 0 Å². The fourth-order valence-electron chi connectivity index (χ4n) is 1.52. The number of aliphatic carboxylic acids is 1. The van der Waals surface area contributed by atoms with Gasteiger partial charge in [-0.15, -0.1) is 0 Å². The number of hydrogen-bond acceptors (Lipinski definition) is 1. The topological polar surface area (TPSA) is 37.3 Å². The summed E-state index contributed by atoms with van der Waals surface area (Å²) < 4.78 is 0. The molecule has 0 aliphatic carbocycles. The molecule has 2 heteroatoms. The van der Waals surface area contributed by atoms with Gasteiger partial charge in [-0.1, -0.05) is 44.4 Å². The fourth-order valence-corrected chi connectivity index (χ4v) is 1.52. The van der Waals surface area contributed by atoms with Crippen LogP contribution in [0.25, 0.3) is 0 Å². The first-order valence-electron chi connectivity index (χ1n) is 6.95. The Labute approximate surface area is 111 Å². The minimum absolute atomic E-state index is 0.269. The molecular formula is C16H24O2. The Hall–Kier alpha value is -1.41. The van der Waals surface area contributed by atoms with E-state index in [0.29, 0.717) is 0 Å². The Kier molecular flexibility index (Phi) is 12.6. The summed E-state index contributed by atoms with van der Waals surface area (Å²) in [6.45, 7) is 2.20. The first kappa shape index (κ1) is 16.6. The molecule has 0 unspecified atom stereocenters. The molecule has 18 heavy (non-hydrogen) atoms. The minimum Gasteiger partial charge on any atom is -0.481 e. The zero-order valence-corrected chi connectivity index (χ0v) is 11.4. The van der Waals surface area contributed by atoms with Crippen LogP contribution < -0.4 is 0 Å². The highest BCUT2D eigenvalue weighted by atomic mass is 16.4. The molecule has 0 saturated heterocycles. The van der Waals surface area contributed by atoms with Crippen molar-refractivity contribution in [1.29, 1.82) is 0 Å². The van der Waals surface area contributed by atoms with Gasteiger partial charge in [-0.3, -0.25) is 4.79 Å². The van der Waals surface area contributed by atoms with Gasteiger partial charge in [0, 0.05) is 19.3 Å². The van der Waals surface area contributed by atoms with Gasteiger partial charge in [-0.25, -0.2) is 0 Å². The van der Waals surface area contributed by atoms with Gasteiger partial charge in [0.15, 0.2) is 0 Å². The van der Waals surface area contributed by atoms with Crippen molar-refractivity contribution in [3.63, 3.8) is 0 Å². The van der Waals surface area contributed by atoms with Crippen molar-refractivity contribution in [2.24, 2.45) is 0 Å². The molecule has 100 valence electrons. The summed E-state index contributed by atoms with van der Waals surface area (Å²) in [5.74, 6) is 11.1. The van der Waals surface area contributed by atoms with Crippen LogP contribution in [0.15, 0.2) is 0 Å². The van der Waals surface area contributed by atoms with Crippen LogP contribution in [0.2, 0.25) is 0 Å². The molecule has 0 atom stereocenters. The monoisotopic (exact) mass is 248 g/mol. The lowest BCUT2D eigenvalue weighted by atomic mass is 10.1. The van der Waals surface area contributed by atoms with E-state index in [4.69, 9.17) is 5.11 Å². The van der Waals surface area contributed by atoms with Crippen LogP contribution >= 0.6 is 0 Å². The Balaban J connectivity index is 3.33. The highest BCUT2D eigenvalue weighted by molar-refractivity contribution is 5.66. The Morgan fingerprint density at radius 2 is 1.44 bits per heavy atom. The molecule has 0 bridgehead atoms. The van der Waals surface area contributed by atoms with E-state index in [-0.39, 0.29) is 6.42 Å². The largest absolute Gasteiger partial charge is 0.481 e. The molecule has 0 aliphatic rings. The zero-order valence-electron chi connectivity index (χ0n) is 11.4. The molecule has 0 aliphatic heterocycles. The number of carboxylic acids is 1.